The Balaban J connectivity index is 1.66. The molecule has 3 heterocycles. The lowest BCUT2D eigenvalue weighted by atomic mass is 10.1. The van der Waals surface area contributed by atoms with Gasteiger partial charge in [0.25, 0.3) is 0 Å². The minimum atomic E-state index is -3.70. The Bertz CT molecular complexity index is 900. The van der Waals surface area contributed by atoms with E-state index in [-0.39, 0.29) is 10.9 Å². The van der Waals surface area contributed by atoms with E-state index in [1.54, 1.807) is 45.6 Å². The molecule has 1 aromatic heterocycles. The van der Waals surface area contributed by atoms with Crippen molar-refractivity contribution in [1.29, 1.82) is 0 Å². The van der Waals surface area contributed by atoms with E-state index >= 15 is 0 Å². The summed E-state index contributed by atoms with van der Waals surface area (Å²) in [5.41, 5.74) is 0.674. The second-order valence-electron chi connectivity index (χ2n) is 6.93. The first kappa shape index (κ1) is 18.4. The number of rotatable bonds is 4. The van der Waals surface area contributed by atoms with Gasteiger partial charge < -0.3 is 9.47 Å². The first-order valence-electron chi connectivity index (χ1n) is 9.02. The van der Waals surface area contributed by atoms with Crippen molar-refractivity contribution < 1.29 is 17.9 Å². The summed E-state index contributed by atoms with van der Waals surface area (Å²) in [6, 6.07) is 7.27. The lowest BCUT2D eigenvalue weighted by Crippen LogP contribution is -2.61. The molecule has 9 heteroatoms. The van der Waals surface area contributed by atoms with Gasteiger partial charge in [0.2, 0.25) is 10.0 Å². The smallest absolute Gasteiger partial charge is 0.246 e. The average Bonchev–Trinajstić information content (AvgIpc) is 3.22. The SMILES string of the molecule is COc1ccc(-n2cccn2)cc1S(=O)(=O)N1CCN2[C@@H](COC[C@@H]2C)C1. The number of hydrogen-bond donors (Lipinski definition) is 0. The van der Waals surface area contributed by atoms with Crippen LogP contribution in [0.4, 0.5) is 0 Å². The van der Waals surface area contributed by atoms with Gasteiger partial charge in [-0.1, -0.05) is 0 Å². The molecular formula is C18H24N4O4S. The number of aromatic nitrogens is 2. The predicted octanol–water partition coefficient (Wildman–Crippen LogP) is 0.974. The van der Waals surface area contributed by atoms with Gasteiger partial charge in [-0.15, -0.1) is 0 Å². The summed E-state index contributed by atoms with van der Waals surface area (Å²) in [5.74, 6) is 0.335. The van der Waals surface area contributed by atoms with Crippen LogP contribution in [0.25, 0.3) is 5.69 Å². The summed E-state index contributed by atoms with van der Waals surface area (Å²) >= 11 is 0. The van der Waals surface area contributed by atoms with Gasteiger partial charge in [-0.2, -0.15) is 9.40 Å². The highest BCUT2D eigenvalue weighted by atomic mass is 32.2. The molecule has 0 spiro atoms. The summed E-state index contributed by atoms with van der Waals surface area (Å²) < 4.78 is 41.0. The van der Waals surface area contributed by atoms with Crippen LogP contribution in [0, 0.1) is 0 Å². The Labute approximate surface area is 159 Å². The fourth-order valence-electron chi connectivity index (χ4n) is 3.83. The van der Waals surface area contributed by atoms with Crippen molar-refractivity contribution in [2.24, 2.45) is 0 Å². The van der Waals surface area contributed by atoms with Gasteiger partial charge in [0.15, 0.2) is 0 Å². The van der Waals surface area contributed by atoms with Crippen molar-refractivity contribution in [2.45, 2.75) is 23.9 Å². The standard InChI is InChI=1S/C18H24N4O4S/c1-14-12-26-13-16-11-20(8-9-21(14)16)27(23,24)18-10-15(4-5-17(18)25-2)22-7-3-6-19-22/h3-7,10,14,16H,8-9,11-13H2,1-2H3/t14-,16+/m0/s1. The fraction of sp³-hybridized carbons (Fsp3) is 0.500. The van der Waals surface area contributed by atoms with Gasteiger partial charge in [0, 0.05) is 44.1 Å². The molecule has 0 radical (unpaired) electrons. The van der Waals surface area contributed by atoms with Crippen molar-refractivity contribution in [2.75, 3.05) is 40.0 Å². The van der Waals surface area contributed by atoms with Crippen LogP contribution in [-0.4, -0.2) is 79.4 Å². The minimum absolute atomic E-state index is 0.0811. The van der Waals surface area contributed by atoms with E-state index in [2.05, 4.69) is 16.9 Å². The Morgan fingerprint density at radius 2 is 2.11 bits per heavy atom. The molecule has 146 valence electrons. The van der Waals surface area contributed by atoms with Gasteiger partial charge in [0.1, 0.15) is 10.6 Å². The minimum Gasteiger partial charge on any atom is -0.495 e. The third-order valence-corrected chi connectivity index (χ3v) is 7.15. The lowest BCUT2D eigenvalue weighted by molar-refractivity contribution is -0.0635. The topological polar surface area (TPSA) is 76.9 Å². The van der Waals surface area contributed by atoms with E-state index in [1.807, 2.05) is 0 Å². The fourth-order valence-corrected chi connectivity index (χ4v) is 5.47. The molecule has 2 aliphatic rings. The summed E-state index contributed by atoms with van der Waals surface area (Å²) in [4.78, 5) is 2.50. The highest BCUT2D eigenvalue weighted by molar-refractivity contribution is 7.89. The highest BCUT2D eigenvalue weighted by Gasteiger charge is 2.39. The quantitative estimate of drug-likeness (QED) is 0.772. The van der Waals surface area contributed by atoms with E-state index in [0.717, 1.165) is 0 Å². The second kappa shape index (κ2) is 7.23. The number of morpholine rings is 1. The molecule has 4 rings (SSSR count). The largest absolute Gasteiger partial charge is 0.495 e. The molecule has 2 saturated heterocycles. The van der Waals surface area contributed by atoms with Crippen LogP contribution in [-0.2, 0) is 14.8 Å². The van der Waals surface area contributed by atoms with Crippen molar-refractivity contribution in [3.8, 4) is 11.4 Å². The number of ether oxygens (including phenoxy) is 2. The van der Waals surface area contributed by atoms with Gasteiger partial charge in [0.05, 0.1) is 26.0 Å². The molecule has 0 saturated carbocycles. The third kappa shape index (κ3) is 3.36. The molecule has 2 aromatic rings. The lowest BCUT2D eigenvalue weighted by Gasteiger charge is -2.46. The molecule has 0 N–H and O–H groups in total. The molecule has 2 fully saturated rings. The number of nitrogens with zero attached hydrogens (tertiary/aromatic N) is 4. The number of piperazine rings is 1. The molecule has 2 atom stereocenters. The van der Waals surface area contributed by atoms with E-state index < -0.39 is 10.0 Å². The van der Waals surface area contributed by atoms with Gasteiger partial charge in [-0.25, -0.2) is 13.1 Å². The molecule has 0 unspecified atom stereocenters. The third-order valence-electron chi connectivity index (χ3n) is 5.26. The number of fused-ring (bicyclic) bond motifs is 1. The monoisotopic (exact) mass is 392 g/mol. The van der Waals surface area contributed by atoms with Crippen LogP contribution in [0.3, 0.4) is 0 Å². The Kier molecular flexibility index (Phi) is 4.94. The Morgan fingerprint density at radius 3 is 2.85 bits per heavy atom. The summed E-state index contributed by atoms with van der Waals surface area (Å²) in [6.45, 7) is 4.95. The first-order chi connectivity index (χ1) is 13.0. The zero-order chi connectivity index (χ0) is 19.0. The number of sulfonamides is 1. The summed E-state index contributed by atoms with van der Waals surface area (Å²) in [7, 11) is -2.22. The normalized spacial score (nSPS) is 24.5. The van der Waals surface area contributed by atoms with Crippen molar-refractivity contribution in [3.63, 3.8) is 0 Å². The molecule has 0 bridgehead atoms. The first-order valence-corrected chi connectivity index (χ1v) is 10.5. The highest BCUT2D eigenvalue weighted by Crippen LogP contribution is 2.31. The van der Waals surface area contributed by atoms with Crippen LogP contribution >= 0.6 is 0 Å². The molecular weight excluding hydrogens is 368 g/mol. The van der Waals surface area contributed by atoms with Crippen LogP contribution in [0.1, 0.15) is 6.92 Å². The zero-order valence-electron chi connectivity index (χ0n) is 15.5. The molecule has 0 amide bonds. The van der Waals surface area contributed by atoms with Crippen LogP contribution in [0.5, 0.6) is 5.75 Å². The number of hydrogen-bond acceptors (Lipinski definition) is 6. The summed E-state index contributed by atoms with van der Waals surface area (Å²) in [6.07, 6.45) is 3.43. The molecule has 0 aliphatic carbocycles. The van der Waals surface area contributed by atoms with E-state index in [0.29, 0.717) is 50.3 Å². The van der Waals surface area contributed by atoms with Gasteiger partial charge in [-0.05, 0) is 31.2 Å². The zero-order valence-corrected chi connectivity index (χ0v) is 16.3. The van der Waals surface area contributed by atoms with E-state index in [9.17, 15) is 8.42 Å². The van der Waals surface area contributed by atoms with Crippen molar-refractivity contribution in [3.05, 3.63) is 36.7 Å². The number of benzene rings is 1. The molecule has 27 heavy (non-hydrogen) atoms. The maximum absolute atomic E-state index is 13.4. The van der Waals surface area contributed by atoms with Crippen LogP contribution in [0.2, 0.25) is 0 Å². The van der Waals surface area contributed by atoms with Crippen LogP contribution < -0.4 is 4.74 Å². The van der Waals surface area contributed by atoms with E-state index in [4.69, 9.17) is 9.47 Å². The van der Waals surface area contributed by atoms with Gasteiger partial charge >= 0.3 is 0 Å². The maximum atomic E-state index is 13.4. The van der Waals surface area contributed by atoms with Crippen molar-refractivity contribution in [1.82, 2.24) is 19.0 Å². The summed E-state index contributed by atoms with van der Waals surface area (Å²) in [5, 5.41) is 4.18. The molecule has 2 aliphatic heterocycles. The van der Waals surface area contributed by atoms with E-state index in [1.165, 1.54) is 7.11 Å². The Hall–Kier alpha value is -1.94. The van der Waals surface area contributed by atoms with Gasteiger partial charge in [-0.3, -0.25) is 4.90 Å². The predicted molar refractivity (Wildman–Crippen MR) is 99.6 cm³/mol. The second-order valence-corrected chi connectivity index (χ2v) is 8.83. The Morgan fingerprint density at radius 1 is 1.26 bits per heavy atom. The molecule has 8 nitrogen and oxygen atoms in total. The number of methoxy groups -OCH3 is 1. The van der Waals surface area contributed by atoms with Crippen LogP contribution in [0.15, 0.2) is 41.6 Å². The average molecular weight is 392 g/mol. The molecule has 1 aromatic carbocycles. The van der Waals surface area contributed by atoms with Crippen molar-refractivity contribution >= 4 is 10.0 Å². The maximum Gasteiger partial charge on any atom is 0.246 e.